The molecule has 0 bridgehead atoms. The number of nitrogens with one attached hydrogen (secondary N) is 1. The summed E-state index contributed by atoms with van der Waals surface area (Å²) in [6.45, 7) is 8.19. The van der Waals surface area contributed by atoms with Gasteiger partial charge < -0.3 is 15.1 Å². The van der Waals surface area contributed by atoms with Gasteiger partial charge >= 0.3 is 0 Å². The van der Waals surface area contributed by atoms with Gasteiger partial charge in [-0.1, -0.05) is 30.3 Å². The Morgan fingerprint density at radius 2 is 1.63 bits per heavy atom. The molecule has 6 nitrogen and oxygen atoms in total. The summed E-state index contributed by atoms with van der Waals surface area (Å²) >= 11 is 0. The number of guanidine groups is 1. The first kappa shape index (κ1) is 22.8. The topological polar surface area (TPSA) is 47.0 Å². The molecule has 2 aliphatic rings. The first-order valence-corrected chi connectivity index (χ1v) is 10.7. The van der Waals surface area contributed by atoms with Crippen LogP contribution in [0.2, 0.25) is 0 Å². The van der Waals surface area contributed by atoms with Crippen LogP contribution in [0.1, 0.15) is 24.0 Å². The van der Waals surface area contributed by atoms with E-state index >= 15 is 0 Å². The molecule has 0 radical (unpaired) electrons. The Morgan fingerprint density at radius 3 is 2.27 bits per heavy atom. The van der Waals surface area contributed by atoms with Crippen molar-refractivity contribution < 1.29 is 0 Å². The number of hydrogen-bond acceptors (Lipinski definition) is 4. The lowest BCUT2D eigenvalue weighted by molar-refractivity contribution is 0.331. The van der Waals surface area contributed by atoms with Gasteiger partial charge in [0.2, 0.25) is 0 Å². The minimum atomic E-state index is 0. The molecule has 162 valence electrons. The van der Waals surface area contributed by atoms with Gasteiger partial charge in [-0.2, -0.15) is 0 Å². The number of halogens is 1. The second-order valence-corrected chi connectivity index (χ2v) is 7.86. The molecule has 0 aliphatic carbocycles. The van der Waals surface area contributed by atoms with Crippen LogP contribution in [0.15, 0.2) is 53.7 Å². The van der Waals surface area contributed by atoms with E-state index < -0.39 is 0 Å². The molecule has 2 aromatic rings. The first-order valence-electron chi connectivity index (χ1n) is 10.7. The number of benzene rings is 1. The zero-order valence-electron chi connectivity index (χ0n) is 17.8. The van der Waals surface area contributed by atoms with Crippen LogP contribution in [-0.4, -0.2) is 67.1 Å². The van der Waals surface area contributed by atoms with Gasteiger partial charge in [-0.3, -0.25) is 9.89 Å². The Kier molecular flexibility index (Phi) is 8.74. The maximum Gasteiger partial charge on any atom is 0.194 e. The monoisotopic (exact) mass is 520 g/mol. The highest BCUT2D eigenvalue weighted by atomic mass is 127. The van der Waals surface area contributed by atoms with Crippen LogP contribution in [0, 0.1) is 0 Å². The van der Waals surface area contributed by atoms with Crippen molar-refractivity contribution in [2.24, 2.45) is 4.99 Å². The van der Waals surface area contributed by atoms with E-state index in [9.17, 15) is 0 Å². The minimum absolute atomic E-state index is 0. The number of nitrogens with zero attached hydrogens (tertiary/aromatic N) is 5. The molecule has 1 aromatic heterocycles. The lowest BCUT2D eigenvalue weighted by Gasteiger charge is -2.37. The third-order valence-electron chi connectivity index (χ3n) is 5.84. The molecule has 30 heavy (non-hydrogen) atoms. The molecular formula is C23H33IN6. The molecule has 0 saturated carbocycles. The van der Waals surface area contributed by atoms with Crippen molar-refractivity contribution in [1.82, 2.24) is 20.1 Å². The molecule has 2 fully saturated rings. The van der Waals surface area contributed by atoms with E-state index in [-0.39, 0.29) is 24.0 Å². The molecule has 0 atom stereocenters. The molecule has 1 aromatic carbocycles. The highest BCUT2D eigenvalue weighted by Crippen LogP contribution is 2.14. The Labute approximate surface area is 197 Å². The van der Waals surface area contributed by atoms with Crippen LogP contribution >= 0.6 is 24.0 Å². The van der Waals surface area contributed by atoms with Crippen LogP contribution in [0.3, 0.4) is 0 Å². The maximum atomic E-state index is 4.50. The van der Waals surface area contributed by atoms with Gasteiger partial charge in [0.1, 0.15) is 5.82 Å². The van der Waals surface area contributed by atoms with Crippen LogP contribution < -0.4 is 10.2 Å². The number of aromatic nitrogens is 1. The van der Waals surface area contributed by atoms with E-state index in [2.05, 4.69) is 60.3 Å². The average molecular weight is 520 g/mol. The number of rotatable bonds is 5. The second-order valence-electron chi connectivity index (χ2n) is 7.86. The van der Waals surface area contributed by atoms with Gasteiger partial charge in [0, 0.05) is 52.5 Å². The van der Waals surface area contributed by atoms with Crippen molar-refractivity contribution in [3.63, 3.8) is 0 Å². The molecular weight excluding hydrogens is 487 g/mol. The number of pyridine rings is 1. The van der Waals surface area contributed by atoms with Crippen molar-refractivity contribution in [2.45, 2.75) is 25.9 Å². The van der Waals surface area contributed by atoms with Gasteiger partial charge in [-0.15, -0.1) is 24.0 Å². The maximum absolute atomic E-state index is 4.50. The van der Waals surface area contributed by atoms with Gasteiger partial charge in [0.15, 0.2) is 5.96 Å². The summed E-state index contributed by atoms with van der Waals surface area (Å²) in [4.78, 5) is 16.2. The summed E-state index contributed by atoms with van der Waals surface area (Å²) < 4.78 is 0. The van der Waals surface area contributed by atoms with Gasteiger partial charge in [-0.25, -0.2) is 4.98 Å². The van der Waals surface area contributed by atoms with Crippen molar-refractivity contribution >= 4 is 35.8 Å². The van der Waals surface area contributed by atoms with Crippen LogP contribution in [0.4, 0.5) is 5.82 Å². The van der Waals surface area contributed by atoms with Crippen LogP contribution in [0.25, 0.3) is 0 Å². The second kappa shape index (κ2) is 11.5. The predicted molar refractivity (Wildman–Crippen MR) is 135 cm³/mol. The van der Waals surface area contributed by atoms with E-state index in [1.165, 1.54) is 37.1 Å². The Balaban J connectivity index is 0.00000256. The standard InChI is InChI=1S/C23H32N6.HI/c1-24-23(29-16-14-28(15-17-29)22-6-2-3-11-25-22)26-18-20-7-9-21(10-8-20)19-27-12-4-5-13-27;/h2-3,6-11H,4-5,12-19H2,1H3,(H,24,26);1H. The SMILES string of the molecule is CN=C(NCc1ccc(CN2CCCC2)cc1)N1CCN(c2ccccn2)CC1.I. The number of hydrogen-bond donors (Lipinski definition) is 1. The van der Waals surface area contributed by atoms with Crippen LogP contribution in [0.5, 0.6) is 0 Å². The largest absolute Gasteiger partial charge is 0.353 e. The lowest BCUT2D eigenvalue weighted by Crippen LogP contribution is -2.52. The normalized spacial score (nSPS) is 17.7. The lowest BCUT2D eigenvalue weighted by atomic mass is 10.1. The molecule has 2 aliphatic heterocycles. The van der Waals surface area contributed by atoms with E-state index in [4.69, 9.17) is 0 Å². The summed E-state index contributed by atoms with van der Waals surface area (Å²) in [7, 11) is 1.87. The summed E-state index contributed by atoms with van der Waals surface area (Å²) in [5.74, 6) is 2.04. The zero-order valence-corrected chi connectivity index (χ0v) is 20.2. The minimum Gasteiger partial charge on any atom is -0.353 e. The molecule has 7 heteroatoms. The third kappa shape index (κ3) is 6.07. The quantitative estimate of drug-likeness (QED) is 0.373. The third-order valence-corrected chi connectivity index (χ3v) is 5.84. The summed E-state index contributed by atoms with van der Waals surface area (Å²) in [5, 5.41) is 3.53. The van der Waals surface area contributed by atoms with Gasteiger partial charge in [0.05, 0.1) is 0 Å². The summed E-state index contributed by atoms with van der Waals surface area (Å²) in [6.07, 6.45) is 4.55. The van der Waals surface area contributed by atoms with E-state index in [0.717, 1.165) is 51.0 Å². The number of anilines is 1. The smallest absolute Gasteiger partial charge is 0.194 e. The fourth-order valence-electron chi connectivity index (χ4n) is 4.16. The first-order chi connectivity index (χ1) is 14.3. The zero-order chi connectivity index (χ0) is 19.9. The Bertz CT molecular complexity index is 781. The van der Waals surface area contributed by atoms with Crippen molar-refractivity contribution in [3.05, 3.63) is 59.8 Å². The summed E-state index contributed by atoms with van der Waals surface area (Å²) in [5.41, 5.74) is 2.70. The fourth-order valence-corrected chi connectivity index (χ4v) is 4.16. The van der Waals surface area contributed by atoms with Crippen LogP contribution in [-0.2, 0) is 13.1 Å². The van der Waals surface area contributed by atoms with Crippen molar-refractivity contribution in [3.8, 4) is 0 Å². The number of aliphatic imine (C=N–C) groups is 1. The van der Waals surface area contributed by atoms with E-state index in [0.29, 0.717) is 0 Å². The highest BCUT2D eigenvalue weighted by Gasteiger charge is 2.20. The molecule has 0 amide bonds. The van der Waals surface area contributed by atoms with Gasteiger partial charge in [0.25, 0.3) is 0 Å². The predicted octanol–water partition coefficient (Wildman–Crippen LogP) is 3.19. The molecule has 3 heterocycles. The molecule has 1 N–H and O–H groups in total. The average Bonchev–Trinajstić information content (AvgIpc) is 3.29. The fraction of sp³-hybridized carbons (Fsp3) is 0.478. The van der Waals surface area contributed by atoms with Crippen molar-refractivity contribution in [1.29, 1.82) is 0 Å². The Hall–Kier alpha value is -1.87. The van der Waals surface area contributed by atoms with Gasteiger partial charge in [-0.05, 0) is 49.2 Å². The highest BCUT2D eigenvalue weighted by molar-refractivity contribution is 14.0. The molecule has 0 spiro atoms. The molecule has 2 saturated heterocycles. The molecule has 4 rings (SSSR count). The van der Waals surface area contributed by atoms with E-state index in [1.807, 2.05) is 25.4 Å². The summed E-state index contributed by atoms with van der Waals surface area (Å²) in [6, 6.07) is 15.1. The number of likely N-dealkylation sites (tertiary alicyclic amines) is 1. The molecule has 0 unspecified atom stereocenters. The van der Waals surface area contributed by atoms with Crippen molar-refractivity contribution in [2.75, 3.05) is 51.2 Å². The van der Waals surface area contributed by atoms with E-state index in [1.54, 1.807) is 0 Å². The Morgan fingerprint density at radius 1 is 0.933 bits per heavy atom. The number of piperazine rings is 1.